The first kappa shape index (κ1) is 7.72. The summed E-state index contributed by atoms with van der Waals surface area (Å²) in [6.07, 6.45) is 1.52. The number of rotatable bonds is 1. The summed E-state index contributed by atoms with van der Waals surface area (Å²) in [5.41, 5.74) is 7.21. The predicted octanol–water partition coefficient (Wildman–Crippen LogP) is 0.383. The Labute approximate surface area is 74.3 Å². The van der Waals surface area contributed by atoms with Gasteiger partial charge in [-0.2, -0.15) is 4.73 Å². The van der Waals surface area contributed by atoms with Crippen LogP contribution < -0.4 is 10.6 Å². The van der Waals surface area contributed by atoms with Crippen molar-refractivity contribution in [3.05, 3.63) is 18.5 Å². The average molecular weight is 179 g/mol. The van der Waals surface area contributed by atoms with Gasteiger partial charge in [0.2, 0.25) is 0 Å². The lowest BCUT2D eigenvalue weighted by Gasteiger charge is -2.02. The highest BCUT2D eigenvalue weighted by Gasteiger charge is 2.06. The van der Waals surface area contributed by atoms with Gasteiger partial charge < -0.3 is 15.7 Å². The number of phenolic OH excluding ortho intramolecular Hbond substituents is 1. The summed E-state index contributed by atoms with van der Waals surface area (Å²) in [6, 6.07) is 3.11. The first-order chi connectivity index (χ1) is 6.22. The molecule has 0 aliphatic rings. The molecule has 0 aliphatic carbocycles. The molecule has 0 radical (unpaired) electrons. The van der Waals surface area contributed by atoms with Gasteiger partial charge in [-0.1, -0.05) is 0 Å². The van der Waals surface area contributed by atoms with Crippen molar-refractivity contribution in [3.63, 3.8) is 0 Å². The van der Waals surface area contributed by atoms with E-state index >= 15 is 0 Å². The highest BCUT2D eigenvalue weighted by molar-refractivity contribution is 5.82. The molecule has 0 atom stereocenters. The molecule has 0 fully saturated rings. The Hall–Kier alpha value is -1.91. The smallest absolute Gasteiger partial charge is 0.140 e. The van der Waals surface area contributed by atoms with Gasteiger partial charge in [0.1, 0.15) is 24.7 Å². The number of hydrogen-bond acceptors (Lipinski definition) is 4. The van der Waals surface area contributed by atoms with Crippen LogP contribution in [0.4, 0.5) is 5.69 Å². The third kappa shape index (κ3) is 1.05. The second-order valence-corrected chi connectivity index (χ2v) is 2.65. The van der Waals surface area contributed by atoms with Crippen molar-refractivity contribution in [2.45, 2.75) is 0 Å². The van der Waals surface area contributed by atoms with Gasteiger partial charge in [0.05, 0.1) is 11.2 Å². The van der Waals surface area contributed by atoms with Crippen LogP contribution in [-0.4, -0.2) is 21.9 Å². The summed E-state index contributed by atoms with van der Waals surface area (Å²) < 4.78 is 1.48. The molecule has 0 aliphatic heterocycles. The SMILES string of the molecule is COn1cnc2cc(O)c(N)cc21. The second-order valence-electron chi connectivity index (χ2n) is 2.65. The Kier molecular flexibility index (Phi) is 1.51. The average Bonchev–Trinajstić information content (AvgIpc) is 2.48. The number of fused-ring (bicyclic) bond motifs is 1. The summed E-state index contributed by atoms with van der Waals surface area (Å²) in [7, 11) is 1.53. The van der Waals surface area contributed by atoms with Crippen LogP contribution in [0.15, 0.2) is 18.5 Å². The zero-order valence-electron chi connectivity index (χ0n) is 7.06. The van der Waals surface area contributed by atoms with E-state index in [-0.39, 0.29) is 5.75 Å². The fourth-order valence-electron chi connectivity index (χ4n) is 1.18. The lowest BCUT2D eigenvalue weighted by molar-refractivity contribution is 0.177. The van der Waals surface area contributed by atoms with E-state index in [2.05, 4.69) is 4.98 Å². The van der Waals surface area contributed by atoms with Gasteiger partial charge in [-0.3, -0.25) is 0 Å². The lowest BCUT2D eigenvalue weighted by Crippen LogP contribution is -2.03. The van der Waals surface area contributed by atoms with Crippen molar-refractivity contribution in [2.75, 3.05) is 12.8 Å². The van der Waals surface area contributed by atoms with Crippen LogP contribution in [0.1, 0.15) is 0 Å². The van der Waals surface area contributed by atoms with Crippen LogP contribution in [-0.2, 0) is 0 Å². The van der Waals surface area contributed by atoms with Gasteiger partial charge in [-0.15, -0.1) is 0 Å². The minimum absolute atomic E-state index is 0.0360. The number of aromatic nitrogens is 2. The molecule has 3 N–H and O–H groups in total. The first-order valence-corrected chi connectivity index (χ1v) is 3.72. The summed E-state index contributed by atoms with van der Waals surface area (Å²) in [5.74, 6) is 0.0360. The molecule has 0 spiro atoms. The zero-order chi connectivity index (χ0) is 9.42. The molecule has 5 heteroatoms. The predicted molar refractivity (Wildman–Crippen MR) is 48.3 cm³/mol. The van der Waals surface area contributed by atoms with Crippen LogP contribution in [0.2, 0.25) is 0 Å². The Bertz CT molecular complexity index is 450. The van der Waals surface area contributed by atoms with Crippen molar-refractivity contribution in [1.29, 1.82) is 0 Å². The molecule has 0 saturated heterocycles. The summed E-state index contributed by atoms with van der Waals surface area (Å²) in [6.45, 7) is 0. The lowest BCUT2D eigenvalue weighted by atomic mass is 10.2. The van der Waals surface area contributed by atoms with Gasteiger partial charge in [0, 0.05) is 6.07 Å². The van der Waals surface area contributed by atoms with E-state index in [9.17, 15) is 5.11 Å². The highest BCUT2D eigenvalue weighted by atomic mass is 16.6. The molecule has 13 heavy (non-hydrogen) atoms. The Morgan fingerprint density at radius 1 is 1.54 bits per heavy atom. The van der Waals surface area contributed by atoms with Gasteiger partial charge in [-0.05, 0) is 6.07 Å². The molecule has 0 amide bonds. The maximum Gasteiger partial charge on any atom is 0.140 e. The van der Waals surface area contributed by atoms with E-state index in [1.54, 1.807) is 6.07 Å². The third-order valence-electron chi connectivity index (χ3n) is 1.86. The van der Waals surface area contributed by atoms with Crippen LogP contribution in [0.25, 0.3) is 11.0 Å². The van der Waals surface area contributed by atoms with E-state index in [0.717, 1.165) is 5.52 Å². The quantitative estimate of drug-likeness (QED) is 0.490. The number of hydrogen-bond donors (Lipinski definition) is 2. The number of anilines is 1. The zero-order valence-corrected chi connectivity index (χ0v) is 7.06. The van der Waals surface area contributed by atoms with Crippen LogP contribution in [0.3, 0.4) is 0 Å². The molecule has 68 valence electrons. The Balaban J connectivity index is 2.77. The third-order valence-corrected chi connectivity index (χ3v) is 1.86. The number of benzene rings is 1. The molecule has 1 heterocycles. The molecule has 1 aromatic heterocycles. The number of imidazole rings is 1. The molecule has 5 nitrogen and oxygen atoms in total. The standard InChI is InChI=1S/C8H9N3O2/c1-13-11-4-10-6-3-8(12)5(9)2-7(6)11/h2-4,12H,9H2,1H3. The van der Waals surface area contributed by atoms with Gasteiger partial charge in [-0.25, -0.2) is 4.98 Å². The summed E-state index contributed by atoms with van der Waals surface area (Å²) in [5, 5.41) is 9.28. The molecule has 0 bridgehead atoms. The maximum atomic E-state index is 9.28. The highest BCUT2D eigenvalue weighted by Crippen LogP contribution is 2.25. The van der Waals surface area contributed by atoms with Crippen LogP contribution in [0, 0.1) is 0 Å². The monoisotopic (exact) mass is 179 g/mol. The Morgan fingerprint density at radius 3 is 3.00 bits per heavy atom. The van der Waals surface area contributed by atoms with Gasteiger partial charge >= 0.3 is 0 Å². The fraction of sp³-hybridized carbons (Fsp3) is 0.125. The van der Waals surface area contributed by atoms with Gasteiger partial charge in [0.25, 0.3) is 0 Å². The topological polar surface area (TPSA) is 73.3 Å². The Morgan fingerprint density at radius 2 is 2.31 bits per heavy atom. The van der Waals surface area contributed by atoms with E-state index in [4.69, 9.17) is 10.6 Å². The molecular weight excluding hydrogens is 170 g/mol. The normalized spacial score (nSPS) is 10.5. The van der Waals surface area contributed by atoms with E-state index in [0.29, 0.717) is 11.2 Å². The van der Waals surface area contributed by atoms with E-state index < -0.39 is 0 Å². The minimum atomic E-state index is 0.0360. The van der Waals surface area contributed by atoms with Crippen molar-refractivity contribution in [2.24, 2.45) is 0 Å². The van der Waals surface area contributed by atoms with Crippen LogP contribution in [0.5, 0.6) is 5.75 Å². The number of nitrogen functional groups attached to an aromatic ring is 1. The van der Waals surface area contributed by atoms with Gasteiger partial charge in [0.15, 0.2) is 0 Å². The number of aromatic hydroxyl groups is 1. The van der Waals surface area contributed by atoms with Crippen molar-refractivity contribution in [3.8, 4) is 5.75 Å². The summed E-state index contributed by atoms with van der Waals surface area (Å²) in [4.78, 5) is 8.99. The summed E-state index contributed by atoms with van der Waals surface area (Å²) >= 11 is 0. The molecule has 0 saturated carbocycles. The second kappa shape index (κ2) is 2.55. The van der Waals surface area contributed by atoms with Crippen molar-refractivity contribution >= 4 is 16.7 Å². The molecule has 2 rings (SSSR count). The van der Waals surface area contributed by atoms with Crippen molar-refractivity contribution < 1.29 is 9.94 Å². The molecule has 1 aromatic carbocycles. The number of nitrogens with two attached hydrogens (primary N) is 1. The van der Waals surface area contributed by atoms with Crippen molar-refractivity contribution in [1.82, 2.24) is 9.71 Å². The maximum absolute atomic E-state index is 9.28. The number of phenols is 1. The minimum Gasteiger partial charge on any atom is -0.506 e. The fourth-order valence-corrected chi connectivity index (χ4v) is 1.18. The first-order valence-electron chi connectivity index (χ1n) is 3.72. The largest absolute Gasteiger partial charge is 0.506 e. The molecular formula is C8H9N3O2. The van der Waals surface area contributed by atoms with E-state index in [1.165, 1.54) is 24.2 Å². The number of nitrogens with zero attached hydrogens (tertiary/aromatic N) is 2. The van der Waals surface area contributed by atoms with E-state index in [1.807, 2.05) is 0 Å². The molecule has 0 unspecified atom stereocenters. The van der Waals surface area contributed by atoms with Crippen LogP contribution >= 0.6 is 0 Å². The molecule has 2 aromatic rings.